The van der Waals surface area contributed by atoms with Gasteiger partial charge in [0.25, 0.3) is 0 Å². The minimum atomic E-state index is 0.0711. The van der Waals surface area contributed by atoms with Crippen LogP contribution in [-0.2, 0) is 9.47 Å². The molecule has 9 heteroatoms. The predicted molar refractivity (Wildman–Crippen MR) is 132 cm³/mol. The van der Waals surface area contributed by atoms with Crippen LogP contribution in [0, 0.1) is 0 Å². The van der Waals surface area contributed by atoms with E-state index in [2.05, 4.69) is 71.8 Å². The van der Waals surface area contributed by atoms with E-state index in [1.54, 1.807) is 13.4 Å². The number of hydrogen-bond acceptors (Lipinski definition) is 9. The lowest BCUT2D eigenvalue weighted by molar-refractivity contribution is 0.139. The molecule has 2 unspecified atom stereocenters. The molecule has 2 atom stereocenters. The van der Waals surface area contributed by atoms with Crippen LogP contribution in [0.2, 0.25) is 0 Å². The third kappa shape index (κ3) is 5.00. The molecule has 0 radical (unpaired) electrons. The van der Waals surface area contributed by atoms with E-state index in [1.165, 1.54) is 5.69 Å². The lowest BCUT2D eigenvalue weighted by Crippen LogP contribution is -2.50. The molecule has 180 valence electrons. The van der Waals surface area contributed by atoms with Gasteiger partial charge in [0.2, 0.25) is 5.95 Å². The van der Waals surface area contributed by atoms with Crippen molar-refractivity contribution in [3.8, 4) is 0 Å². The van der Waals surface area contributed by atoms with E-state index in [0.29, 0.717) is 12.0 Å². The second-order valence-electron chi connectivity index (χ2n) is 8.82. The number of nitrogens with zero attached hydrogens (tertiary/aromatic N) is 5. The zero-order chi connectivity index (χ0) is 23.3. The molecule has 5 rings (SSSR count). The summed E-state index contributed by atoms with van der Waals surface area (Å²) in [6.07, 6.45) is 7.68. The zero-order valence-corrected chi connectivity index (χ0v) is 19.9. The smallest absolute Gasteiger partial charge is 0.230 e. The summed E-state index contributed by atoms with van der Waals surface area (Å²) in [5.74, 6) is 2.20. The molecular weight excluding hydrogens is 430 g/mol. The van der Waals surface area contributed by atoms with Crippen molar-refractivity contribution >= 4 is 17.3 Å². The van der Waals surface area contributed by atoms with Gasteiger partial charge in [0.15, 0.2) is 0 Å². The van der Waals surface area contributed by atoms with Crippen molar-refractivity contribution < 1.29 is 9.47 Å². The average molecular weight is 464 g/mol. The van der Waals surface area contributed by atoms with Crippen LogP contribution < -0.4 is 15.5 Å². The Kier molecular flexibility index (Phi) is 6.92. The van der Waals surface area contributed by atoms with Crippen LogP contribution in [0.25, 0.3) is 0 Å². The number of rotatable bonds is 7. The Labute approximate surface area is 200 Å². The van der Waals surface area contributed by atoms with Gasteiger partial charge in [0.05, 0.1) is 19.4 Å². The Balaban J connectivity index is 1.20. The van der Waals surface area contributed by atoms with E-state index in [4.69, 9.17) is 9.47 Å². The fourth-order valence-electron chi connectivity index (χ4n) is 4.86. The molecule has 2 aromatic rings. The van der Waals surface area contributed by atoms with Crippen LogP contribution >= 0.6 is 0 Å². The summed E-state index contributed by atoms with van der Waals surface area (Å²) in [6.45, 7) is 6.06. The van der Waals surface area contributed by atoms with Gasteiger partial charge < -0.3 is 25.0 Å². The number of methoxy groups -OCH3 is 1. The van der Waals surface area contributed by atoms with Crippen molar-refractivity contribution in [3.63, 3.8) is 0 Å². The fraction of sp³-hybridized carbons (Fsp3) is 0.480. The van der Waals surface area contributed by atoms with Crippen LogP contribution in [0.5, 0.6) is 0 Å². The topological polar surface area (TPSA) is 87.7 Å². The molecule has 0 spiro atoms. The van der Waals surface area contributed by atoms with Gasteiger partial charge in [-0.2, -0.15) is 4.98 Å². The van der Waals surface area contributed by atoms with Crippen LogP contribution in [0.4, 0.5) is 17.3 Å². The molecule has 0 bridgehead atoms. The van der Waals surface area contributed by atoms with Gasteiger partial charge in [0, 0.05) is 63.2 Å². The summed E-state index contributed by atoms with van der Waals surface area (Å²) in [7, 11) is 3.56. The minimum Gasteiger partial charge on any atom is -0.495 e. The SMILES string of the molecule is CNC1=CC(c2ncnc(Nc3ccc(N4CCN(C5CCOC5)CC4)cc3)n2)CC=C1OC. The van der Waals surface area contributed by atoms with E-state index < -0.39 is 0 Å². The molecule has 34 heavy (non-hydrogen) atoms. The molecule has 2 saturated heterocycles. The molecule has 1 aromatic heterocycles. The Morgan fingerprint density at radius 1 is 1.09 bits per heavy atom. The number of likely N-dealkylation sites (N-methyl/N-ethyl adjacent to an activating group) is 1. The normalized spacial score (nSPS) is 23.3. The second kappa shape index (κ2) is 10.4. The maximum Gasteiger partial charge on any atom is 0.230 e. The molecule has 1 aromatic carbocycles. The minimum absolute atomic E-state index is 0.0711. The van der Waals surface area contributed by atoms with Crippen LogP contribution in [0.3, 0.4) is 0 Å². The predicted octanol–water partition coefficient (Wildman–Crippen LogP) is 2.65. The monoisotopic (exact) mass is 463 g/mol. The highest BCUT2D eigenvalue weighted by molar-refractivity contribution is 5.59. The summed E-state index contributed by atoms with van der Waals surface area (Å²) in [4.78, 5) is 18.4. The number of nitrogens with one attached hydrogen (secondary N) is 2. The van der Waals surface area contributed by atoms with Crippen molar-refractivity contribution in [3.05, 3.63) is 60.0 Å². The molecular formula is C25H33N7O2. The number of piperazine rings is 1. The van der Waals surface area contributed by atoms with Crippen LogP contribution in [-0.4, -0.2) is 79.4 Å². The highest BCUT2D eigenvalue weighted by atomic mass is 16.5. The first kappa shape index (κ1) is 22.6. The fourth-order valence-corrected chi connectivity index (χ4v) is 4.86. The molecule has 3 heterocycles. The van der Waals surface area contributed by atoms with Crippen molar-refractivity contribution in [2.45, 2.75) is 24.8 Å². The third-order valence-electron chi connectivity index (χ3n) is 6.83. The molecule has 0 amide bonds. The van der Waals surface area contributed by atoms with Gasteiger partial charge in [-0.05, 0) is 49.3 Å². The first-order chi connectivity index (χ1) is 16.7. The van der Waals surface area contributed by atoms with Gasteiger partial charge in [-0.3, -0.25) is 4.90 Å². The van der Waals surface area contributed by atoms with E-state index in [0.717, 1.165) is 75.2 Å². The quantitative estimate of drug-likeness (QED) is 0.643. The zero-order valence-electron chi connectivity index (χ0n) is 19.9. The Bertz CT molecular complexity index is 1030. The van der Waals surface area contributed by atoms with Crippen molar-refractivity contribution in [1.82, 2.24) is 25.2 Å². The van der Waals surface area contributed by atoms with Gasteiger partial charge in [-0.15, -0.1) is 0 Å². The number of allylic oxidation sites excluding steroid dienone is 2. The number of benzene rings is 1. The van der Waals surface area contributed by atoms with Gasteiger partial charge in [-0.1, -0.05) is 0 Å². The Hall–Kier alpha value is -3.17. The number of anilines is 3. The molecule has 2 aliphatic heterocycles. The molecule has 3 aliphatic rings. The summed E-state index contributed by atoms with van der Waals surface area (Å²) in [6, 6.07) is 9.11. The second-order valence-corrected chi connectivity index (χ2v) is 8.82. The van der Waals surface area contributed by atoms with E-state index >= 15 is 0 Å². The largest absolute Gasteiger partial charge is 0.495 e. The maximum absolute atomic E-state index is 5.55. The number of hydrogen-bond donors (Lipinski definition) is 2. The first-order valence-electron chi connectivity index (χ1n) is 12.0. The lowest BCUT2D eigenvalue weighted by Gasteiger charge is -2.38. The summed E-state index contributed by atoms with van der Waals surface area (Å²) in [5, 5.41) is 6.50. The van der Waals surface area contributed by atoms with Gasteiger partial charge >= 0.3 is 0 Å². The van der Waals surface area contributed by atoms with Gasteiger partial charge in [-0.25, -0.2) is 9.97 Å². The average Bonchev–Trinajstić information content (AvgIpc) is 3.44. The van der Waals surface area contributed by atoms with Crippen molar-refractivity contribution in [2.75, 3.05) is 63.8 Å². The van der Waals surface area contributed by atoms with E-state index in [1.807, 2.05) is 7.05 Å². The number of aromatic nitrogens is 3. The lowest BCUT2D eigenvalue weighted by atomic mass is 9.97. The summed E-state index contributed by atoms with van der Waals surface area (Å²) in [5.41, 5.74) is 3.15. The standard InChI is InChI=1S/C25H33N7O2/c1-26-22-15-18(3-8-23(22)33-2)24-27-17-28-25(30-24)29-19-4-6-20(7-5-19)31-10-12-32(13-11-31)21-9-14-34-16-21/h4-8,15,17-18,21,26H,3,9-14,16H2,1-2H3,(H,27,28,29,30). The first-order valence-corrected chi connectivity index (χ1v) is 12.0. The van der Waals surface area contributed by atoms with Crippen LogP contribution in [0.1, 0.15) is 24.6 Å². The number of ether oxygens (including phenoxy) is 2. The Morgan fingerprint density at radius 3 is 2.62 bits per heavy atom. The third-order valence-corrected chi connectivity index (χ3v) is 6.83. The summed E-state index contributed by atoms with van der Waals surface area (Å²) < 4.78 is 11.0. The molecule has 2 fully saturated rings. The molecule has 1 aliphatic carbocycles. The van der Waals surface area contributed by atoms with E-state index in [-0.39, 0.29) is 5.92 Å². The maximum atomic E-state index is 5.55. The summed E-state index contributed by atoms with van der Waals surface area (Å²) >= 11 is 0. The van der Waals surface area contributed by atoms with Crippen LogP contribution in [0.15, 0.2) is 54.2 Å². The van der Waals surface area contributed by atoms with Crippen molar-refractivity contribution in [1.29, 1.82) is 0 Å². The highest BCUT2D eigenvalue weighted by Crippen LogP contribution is 2.28. The Morgan fingerprint density at radius 2 is 1.91 bits per heavy atom. The van der Waals surface area contributed by atoms with Crippen molar-refractivity contribution in [2.24, 2.45) is 0 Å². The molecule has 9 nitrogen and oxygen atoms in total. The van der Waals surface area contributed by atoms with E-state index in [9.17, 15) is 0 Å². The highest BCUT2D eigenvalue weighted by Gasteiger charge is 2.26. The molecule has 2 N–H and O–H groups in total. The molecule has 0 saturated carbocycles. The van der Waals surface area contributed by atoms with Gasteiger partial charge in [0.1, 0.15) is 17.9 Å².